The topological polar surface area (TPSA) is 252 Å². The van der Waals surface area contributed by atoms with Crippen LogP contribution in [0.2, 0.25) is 0 Å². The summed E-state index contributed by atoms with van der Waals surface area (Å²) in [5.74, 6) is -1.70. The Morgan fingerprint density at radius 1 is 0.776 bits per heavy atom. The Bertz CT molecular complexity index is 1280. The van der Waals surface area contributed by atoms with Crippen molar-refractivity contribution in [3.05, 3.63) is 0 Å². The van der Waals surface area contributed by atoms with Crippen molar-refractivity contribution in [2.45, 2.75) is 101 Å². The van der Waals surface area contributed by atoms with Gasteiger partial charge in [0.2, 0.25) is 23.6 Å². The van der Waals surface area contributed by atoms with E-state index in [1.54, 1.807) is 13.8 Å². The Morgan fingerprint density at radius 2 is 1.38 bits per heavy atom. The second kappa shape index (κ2) is 33.5. The van der Waals surface area contributed by atoms with Gasteiger partial charge in [0.15, 0.2) is 6.04 Å². The van der Waals surface area contributed by atoms with Gasteiger partial charge in [-0.15, -0.1) is 18.2 Å². The van der Waals surface area contributed by atoms with Gasteiger partial charge < -0.3 is 61.1 Å². The monoisotopic (exact) mass is 1060 g/mol. The van der Waals surface area contributed by atoms with Crippen LogP contribution in [0, 0.1) is 56.5 Å². The van der Waals surface area contributed by atoms with Gasteiger partial charge in [-0.05, 0) is 31.7 Å². The average molecular weight is 1060 g/mol. The molecule has 1 rings (SSSR count). The number of carbonyl (C=O) groups excluding carboxylic acids is 6. The molecule has 0 aromatic rings. The van der Waals surface area contributed by atoms with Crippen LogP contribution in [0.15, 0.2) is 0 Å². The van der Waals surface area contributed by atoms with Gasteiger partial charge >= 0.3 is 0 Å². The normalized spacial score (nSPS) is 18.9. The molecule has 0 unspecified atom stereocenters. The molecule has 8 N–H and O–H groups in total. The number of ether oxygens (including phenoxy) is 4. The van der Waals surface area contributed by atoms with Crippen molar-refractivity contribution in [1.29, 1.82) is 0 Å². The molecule has 1 saturated heterocycles. The molecule has 1 aliphatic rings. The second-order valence-corrected chi connectivity index (χ2v) is 15.3. The van der Waals surface area contributed by atoms with E-state index in [-0.39, 0.29) is 107 Å². The summed E-state index contributed by atoms with van der Waals surface area (Å²) in [7, 11) is 1.85. The zero-order valence-corrected chi connectivity index (χ0v) is 40.3. The molecular formula is C38H66N6O12PaS. The maximum atomic E-state index is 13.6. The zero-order chi connectivity index (χ0) is 42.6. The van der Waals surface area contributed by atoms with E-state index < -0.39 is 66.4 Å². The summed E-state index contributed by atoms with van der Waals surface area (Å²) < 4.78 is 21.8. The summed E-state index contributed by atoms with van der Waals surface area (Å²) in [6.45, 7) is 10.2. The van der Waals surface area contributed by atoms with Gasteiger partial charge in [-0.3, -0.25) is 28.8 Å². The van der Waals surface area contributed by atoms with Crippen LogP contribution >= 0.6 is 11.8 Å². The number of thioether (sulfide) groups is 1. The molecule has 20 heteroatoms. The van der Waals surface area contributed by atoms with Crippen molar-refractivity contribution < 1.29 is 90.2 Å². The van der Waals surface area contributed by atoms with E-state index in [0.29, 0.717) is 39.5 Å². The number of Topliss-reactive ketones (excluding diaryl/α,β-unsaturated/α-hetero) is 1. The largest absolute Gasteiger partial charge is 0.392 e. The number of aliphatic hydroxyl groups excluding tert-OH is 2. The van der Waals surface area contributed by atoms with Gasteiger partial charge in [0, 0.05) is 81.6 Å². The maximum Gasteiger partial charge on any atom is 0.256 e. The van der Waals surface area contributed by atoms with Crippen molar-refractivity contribution >= 4 is 47.1 Å². The van der Waals surface area contributed by atoms with Crippen LogP contribution in [0.3, 0.4) is 0 Å². The number of nitrogens with one attached hydrogen (secondary N) is 6. The Morgan fingerprint density at radius 3 is 1.93 bits per heavy atom. The van der Waals surface area contributed by atoms with E-state index in [0.717, 1.165) is 13.0 Å². The van der Waals surface area contributed by atoms with Crippen LogP contribution in [0.25, 0.3) is 0 Å². The third-order valence-electron chi connectivity index (χ3n) is 8.93. The Kier molecular flexibility index (Phi) is 32.2. The second-order valence-electron chi connectivity index (χ2n) is 13.9. The Labute approximate surface area is 372 Å². The Balaban J connectivity index is 0.0000325. The standard InChI is InChI=1S/C38H66N6O12S.Pa/c1-7-9-27(46)22-30-35(49)26(5)31(57-30)23-40-32(47)11-10-29(37(51)44-34(25(3)4)38(52)43-28(8-2)36(50)41-24-45)42-33(48)12-14-53-16-18-55-20-21-56-19-17-54-15-13-39-6;/h2,25-26,28-31,34-35,39,45,49H,7,9-24H2,1,3-6H3,(H,40,47)(H,41,50)(H,42,48)(H,43,52)(H,44,51);/t26-,28-,29-,30+,31-,34-,35-;/m0./s1. The summed E-state index contributed by atoms with van der Waals surface area (Å²) in [5, 5.41) is 34.9. The van der Waals surface area contributed by atoms with Gasteiger partial charge in [-0.25, -0.2) is 0 Å². The van der Waals surface area contributed by atoms with E-state index in [9.17, 15) is 33.9 Å². The molecule has 329 valence electrons. The number of terminal acetylenes is 1. The number of rotatable bonds is 32. The molecule has 0 aliphatic carbocycles. The zero-order valence-electron chi connectivity index (χ0n) is 34.7. The van der Waals surface area contributed by atoms with E-state index in [1.165, 1.54) is 11.8 Å². The quantitative estimate of drug-likeness (QED) is 0.0220. The average Bonchev–Trinajstić information content (AvgIpc) is 3.43. The number of ketones is 1. The van der Waals surface area contributed by atoms with Gasteiger partial charge in [0.05, 0.1) is 59.0 Å². The van der Waals surface area contributed by atoms with Gasteiger partial charge in [0.25, 0.3) is 5.91 Å². The van der Waals surface area contributed by atoms with Crippen molar-refractivity contribution in [3.63, 3.8) is 0 Å². The molecule has 58 heavy (non-hydrogen) atoms. The van der Waals surface area contributed by atoms with Crippen LogP contribution in [0.1, 0.15) is 66.2 Å². The summed E-state index contributed by atoms with van der Waals surface area (Å²) in [4.78, 5) is 77.1. The minimum atomic E-state index is -1.42. The Hall–Kier alpha value is -2.26. The first-order valence-electron chi connectivity index (χ1n) is 19.6. The first-order valence-corrected chi connectivity index (χ1v) is 20.6. The molecule has 7 atom stereocenters. The minimum Gasteiger partial charge on any atom is -0.392 e. The number of aliphatic hydroxyl groups is 2. The number of likely N-dealkylation sites (N-methyl/N-ethyl adjacent to an activating group) is 1. The predicted molar refractivity (Wildman–Crippen MR) is 214 cm³/mol. The molecule has 0 aromatic carbocycles. The first-order chi connectivity index (χ1) is 27.3. The minimum absolute atomic E-state index is 0. The molecule has 1 heterocycles. The maximum absolute atomic E-state index is 13.6. The predicted octanol–water partition coefficient (Wildman–Crippen LogP) is -1.39. The van der Waals surface area contributed by atoms with E-state index in [1.807, 2.05) is 20.9 Å². The SMILES string of the molecule is C#C[C@H](NC(=O)[C@@H](NC(=O)[C@H](CCC(=O)NC[C@@H]1S[C@H](CC(=O)CCC)[C@@H](O)[C@H]1C)NC(=O)CCOCCOCCOCCOCCNC)C(C)C)C(=O)NCO.[Pa]. The van der Waals surface area contributed by atoms with Crippen molar-refractivity contribution in [1.82, 2.24) is 31.9 Å². The molecular weight excluding hydrogens is 996 g/mol. The number of carbonyl (C=O) groups is 6. The summed E-state index contributed by atoms with van der Waals surface area (Å²) in [6.07, 6.45) is 5.77. The molecule has 0 saturated carbocycles. The van der Waals surface area contributed by atoms with Crippen LogP contribution < -0.4 is 31.9 Å². The van der Waals surface area contributed by atoms with Gasteiger partial charge in [-0.1, -0.05) is 33.6 Å². The van der Waals surface area contributed by atoms with Gasteiger partial charge in [0.1, 0.15) is 24.6 Å². The van der Waals surface area contributed by atoms with Crippen LogP contribution in [-0.4, -0.2) is 160 Å². The van der Waals surface area contributed by atoms with Crippen LogP contribution in [-0.2, 0) is 47.7 Å². The smallest absolute Gasteiger partial charge is 0.256 e. The van der Waals surface area contributed by atoms with E-state index in [2.05, 4.69) is 37.8 Å². The van der Waals surface area contributed by atoms with Crippen LogP contribution in [0.4, 0.5) is 0 Å². The third kappa shape index (κ3) is 23.5. The molecule has 1 fully saturated rings. The van der Waals surface area contributed by atoms with Crippen molar-refractivity contribution in [2.24, 2.45) is 11.8 Å². The molecule has 1 aliphatic heterocycles. The molecule has 0 aromatic heterocycles. The fraction of sp³-hybridized carbons (Fsp3) is 0.789. The molecule has 5 amide bonds. The number of hydrogen-bond acceptors (Lipinski definition) is 14. The van der Waals surface area contributed by atoms with Crippen molar-refractivity contribution in [3.8, 4) is 12.3 Å². The third-order valence-corrected chi connectivity index (χ3v) is 10.7. The van der Waals surface area contributed by atoms with Crippen LogP contribution in [0.5, 0.6) is 0 Å². The van der Waals surface area contributed by atoms with E-state index in [4.69, 9.17) is 30.5 Å². The fourth-order valence-corrected chi connectivity index (χ4v) is 7.32. The summed E-state index contributed by atoms with van der Waals surface area (Å²) in [6, 6.07) is -3.84. The first kappa shape index (κ1) is 55.7. The number of amides is 5. The fourth-order valence-electron chi connectivity index (χ4n) is 5.59. The molecule has 1 radical (unpaired) electrons. The molecule has 18 nitrogen and oxygen atoms in total. The number of hydrogen-bond donors (Lipinski definition) is 8. The molecule has 0 bridgehead atoms. The summed E-state index contributed by atoms with van der Waals surface area (Å²) >= 11 is 1.48. The summed E-state index contributed by atoms with van der Waals surface area (Å²) in [5.41, 5.74) is 0. The molecule has 0 spiro atoms. The van der Waals surface area contributed by atoms with Gasteiger partial charge in [-0.2, -0.15) is 0 Å². The van der Waals surface area contributed by atoms with E-state index >= 15 is 0 Å². The van der Waals surface area contributed by atoms with Crippen molar-refractivity contribution in [2.75, 3.05) is 79.7 Å².